The molecule has 1 aromatic carbocycles. The maximum atomic E-state index is 13.0. The first kappa shape index (κ1) is 18.1. The highest BCUT2D eigenvalue weighted by molar-refractivity contribution is 7.09. The van der Waals surface area contributed by atoms with E-state index in [2.05, 4.69) is 4.85 Å². The first-order chi connectivity index (χ1) is 11.1. The van der Waals surface area contributed by atoms with E-state index in [0.29, 0.717) is 10.9 Å². The Hall–Kier alpha value is -2.21. The van der Waals surface area contributed by atoms with Crippen LogP contribution in [0.15, 0.2) is 35.7 Å². The molecule has 0 bridgehead atoms. The summed E-state index contributed by atoms with van der Waals surface area (Å²) in [5, 5.41) is 1.67. The Morgan fingerprint density at radius 2 is 1.79 bits per heavy atom. The fourth-order valence-electron chi connectivity index (χ4n) is 2.09. The van der Waals surface area contributed by atoms with E-state index in [1.807, 2.05) is 0 Å². The van der Waals surface area contributed by atoms with Gasteiger partial charge >= 0.3 is 12.4 Å². The molecule has 9 heteroatoms. The number of alkyl halides is 6. The molecule has 2 nitrogen and oxygen atoms in total. The number of benzene rings is 1. The van der Waals surface area contributed by atoms with Gasteiger partial charge in [-0.2, -0.15) is 26.3 Å². The molecule has 0 aliphatic rings. The number of thiophene rings is 1. The molecule has 1 heterocycles. The van der Waals surface area contributed by atoms with Gasteiger partial charge in [-0.15, -0.1) is 11.3 Å². The van der Waals surface area contributed by atoms with Gasteiger partial charge in [0, 0.05) is 10.6 Å². The zero-order valence-corrected chi connectivity index (χ0v) is 12.8. The van der Waals surface area contributed by atoms with E-state index < -0.39 is 30.1 Å². The van der Waals surface area contributed by atoms with Crippen molar-refractivity contribution in [2.24, 2.45) is 0 Å². The molecule has 0 radical (unpaired) electrons. The van der Waals surface area contributed by atoms with Crippen molar-refractivity contribution in [3.8, 4) is 0 Å². The van der Waals surface area contributed by atoms with Gasteiger partial charge in [0.1, 0.15) is 6.54 Å². The number of anilines is 1. The highest BCUT2D eigenvalue weighted by Crippen LogP contribution is 2.39. The van der Waals surface area contributed by atoms with E-state index in [4.69, 9.17) is 6.57 Å². The van der Waals surface area contributed by atoms with Gasteiger partial charge in [-0.25, -0.2) is 4.85 Å². The number of halogens is 6. The standard InChI is InChI=1S/C15H10F6N2S/c1-22-13-5-4-10(7-12(13)15(19,20)21)23(9-14(16,17)18)8-11-3-2-6-24-11/h2-7H,8-9H2. The number of hydrogen-bond acceptors (Lipinski definition) is 2. The van der Waals surface area contributed by atoms with E-state index in [9.17, 15) is 26.3 Å². The van der Waals surface area contributed by atoms with Crippen molar-refractivity contribution < 1.29 is 26.3 Å². The van der Waals surface area contributed by atoms with Crippen molar-refractivity contribution >= 4 is 22.7 Å². The Balaban J connectivity index is 2.44. The van der Waals surface area contributed by atoms with Gasteiger partial charge in [0.05, 0.1) is 18.7 Å². The smallest absolute Gasteiger partial charge is 0.357 e. The van der Waals surface area contributed by atoms with E-state index in [-0.39, 0.29) is 12.2 Å². The molecule has 0 saturated carbocycles. The first-order valence-corrected chi connectivity index (χ1v) is 7.41. The molecule has 0 aliphatic carbocycles. The SMILES string of the molecule is [C-]#[N+]c1ccc(N(Cc2cccs2)CC(F)(F)F)cc1C(F)(F)F. The highest BCUT2D eigenvalue weighted by Gasteiger charge is 2.35. The predicted molar refractivity (Wildman–Crippen MR) is 79.1 cm³/mol. The van der Waals surface area contributed by atoms with E-state index in [0.717, 1.165) is 17.0 Å². The van der Waals surface area contributed by atoms with Crippen LogP contribution in [0.3, 0.4) is 0 Å². The Kier molecular flexibility index (Phi) is 5.08. The monoisotopic (exact) mass is 364 g/mol. The average Bonchev–Trinajstić information content (AvgIpc) is 2.96. The first-order valence-electron chi connectivity index (χ1n) is 6.53. The molecular formula is C15H10F6N2S. The lowest BCUT2D eigenvalue weighted by Gasteiger charge is -2.26. The number of hydrogen-bond donors (Lipinski definition) is 0. The maximum Gasteiger partial charge on any atom is 0.407 e. The summed E-state index contributed by atoms with van der Waals surface area (Å²) in [6, 6.07) is 5.83. The van der Waals surface area contributed by atoms with Gasteiger partial charge in [-0.05, 0) is 23.6 Å². The minimum atomic E-state index is -4.82. The minimum absolute atomic E-state index is 0.175. The molecule has 0 N–H and O–H groups in total. The van der Waals surface area contributed by atoms with Crippen molar-refractivity contribution in [2.45, 2.75) is 18.9 Å². The third-order valence-corrected chi connectivity index (χ3v) is 3.93. The lowest BCUT2D eigenvalue weighted by molar-refractivity contribution is -0.136. The van der Waals surface area contributed by atoms with E-state index in [1.54, 1.807) is 17.5 Å². The summed E-state index contributed by atoms with van der Waals surface area (Å²) in [6.07, 6.45) is -9.39. The van der Waals surface area contributed by atoms with Gasteiger partial charge in [0.25, 0.3) is 0 Å². The van der Waals surface area contributed by atoms with Gasteiger partial charge in [0.15, 0.2) is 5.69 Å². The van der Waals surface area contributed by atoms with Gasteiger partial charge < -0.3 is 4.90 Å². The largest absolute Gasteiger partial charge is 0.407 e. The van der Waals surface area contributed by atoms with Crippen molar-refractivity contribution in [3.05, 3.63) is 57.6 Å². The molecule has 128 valence electrons. The summed E-state index contributed by atoms with van der Waals surface area (Å²) in [5.74, 6) is 0. The molecular weight excluding hydrogens is 354 g/mol. The molecule has 0 saturated heterocycles. The summed E-state index contributed by atoms with van der Waals surface area (Å²) in [7, 11) is 0. The molecule has 0 fully saturated rings. The summed E-state index contributed by atoms with van der Waals surface area (Å²) < 4.78 is 77.4. The van der Waals surface area contributed by atoms with Crippen LogP contribution in [0.25, 0.3) is 4.85 Å². The van der Waals surface area contributed by atoms with Crippen LogP contribution in [0.5, 0.6) is 0 Å². The molecule has 0 aliphatic heterocycles. The highest BCUT2D eigenvalue weighted by atomic mass is 32.1. The van der Waals surface area contributed by atoms with E-state index in [1.165, 1.54) is 11.3 Å². The second-order valence-electron chi connectivity index (χ2n) is 4.86. The van der Waals surface area contributed by atoms with Crippen LogP contribution in [-0.4, -0.2) is 12.7 Å². The summed E-state index contributed by atoms with van der Waals surface area (Å²) in [6.45, 7) is 5.21. The van der Waals surface area contributed by atoms with Crippen molar-refractivity contribution in [3.63, 3.8) is 0 Å². The van der Waals surface area contributed by atoms with Crippen LogP contribution in [-0.2, 0) is 12.7 Å². The summed E-state index contributed by atoms with van der Waals surface area (Å²) in [5.41, 5.74) is -2.12. The average molecular weight is 364 g/mol. The Labute approximate surface area is 137 Å². The molecule has 2 aromatic rings. The normalized spacial score (nSPS) is 12.0. The van der Waals surface area contributed by atoms with E-state index >= 15 is 0 Å². The number of rotatable bonds is 4. The fourth-order valence-corrected chi connectivity index (χ4v) is 2.81. The van der Waals surface area contributed by atoms with Crippen molar-refractivity contribution in [1.82, 2.24) is 0 Å². The van der Waals surface area contributed by atoms with Crippen LogP contribution >= 0.6 is 11.3 Å². The Bertz CT molecular complexity index is 728. The third kappa shape index (κ3) is 4.64. The third-order valence-electron chi connectivity index (χ3n) is 3.07. The van der Waals surface area contributed by atoms with Gasteiger partial charge in [0.2, 0.25) is 0 Å². The molecule has 0 spiro atoms. The maximum absolute atomic E-state index is 13.0. The quantitative estimate of drug-likeness (QED) is 0.485. The second kappa shape index (κ2) is 6.73. The molecule has 1 aromatic heterocycles. The van der Waals surface area contributed by atoms with Crippen LogP contribution in [0.2, 0.25) is 0 Å². The topological polar surface area (TPSA) is 7.60 Å². The minimum Gasteiger partial charge on any atom is -0.357 e. The molecule has 0 unspecified atom stereocenters. The second-order valence-corrected chi connectivity index (χ2v) is 5.89. The fraction of sp³-hybridized carbons (Fsp3) is 0.267. The van der Waals surface area contributed by atoms with Gasteiger partial charge in [-0.1, -0.05) is 12.1 Å². The van der Waals surface area contributed by atoms with Crippen molar-refractivity contribution in [1.29, 1.82) is 0 Å². The lowest BCUT2D eigenvalue weighted by atomic mass is 10.1. The van der Waals surface area contributed by atoms with Gasteiger partial charge in [-0.3, -0.25) is 0 Å². The zero-order chi connectivity index (χ0) is 18.0. The van der Waals surface area contributed by atoms with Crippen LogP contribution in [0, 0.1) is 6.57 Å². The van der Waals surface area contributed by atoms with Crippen molar-refractivity contribution in [2.75, 3.05) is 11.4 Å². The number of nitrogens with zero attached hydrogens (tertiary/aromatic N) is 2. The van der Waals surface area contributed by atoms with Crippen LogP contribution in [0.1, 0.15) is 10.4 Å². The Morgan fingerprint density at radius 1 is 1.08 bits per heavy atom. The van der Waals surface area contributed by atoms with Crippen LogP contribution in [0.4, 0.5) is 37.7 Å². The molecule has 0 atom stereocenters. The zero-order valence-electron chi connectivity index (χ0n) is 11.9. The summed E-state index contributed by atoms with van der Waals surface area (Å²) in [4.78, 5) is 4.18. The lowest BCUT2D eigenvalue weighted by Crippen LogP contribution is -2.33. The Morgan fingerprint density at radius 3 is 2.29 bits per heavy atom. The summed E-state index contributed by atoms with van der Waals surface area (Å²) >= 11 is 1.21. The predicted octanol–water partition coefficient (Wildman–Crippen LogP) is 5.89. The van der Waals surface area contributed by atoms with Crippen LogP contribution < -0.4 is 4.90 Å². The molecule has 2 rings (SSSR count). The molecule has 24 heavy (non-hydrogen) atoms. The molecule has 0 amide bonds.